The van der Waals surface area contributed by atoms with Crippen LogP contribution in [0.1, 0.15) is 25.7 Å². The number of ketones is 1. The molecule has 1 atom stereocenters. The second kappa shape index (κ2) is 4.68. The Morgan fingerprint density at radius 1 is 1.16 bits per heavy atom. The fraction of sp³-hybridized carbons (Fsp3) is 0.467. The predicted octanol–water partition coefficient (Wildman–Crippen LogP) is 2.17. The Kier molecular flexibility index (Phi) is 3.01. The molecule has 1 aromatic carbocycles. The molecule has 1 unspecified atom stereocenters. The SMILES string of the molecule is CN1C(=O)C(C2CCC(=O)CC2)Oc2ccccc21. The molecule has 0 N–H and O–H groups in total. The zero-order valence-electron chi connectivity index (χ0n) is 11.0. The summed E-state index contributed by atoms with van der Waals surface area (Å²) in [5.74, 6) is 1.21. The van der Waals surface area contributed by atoms with Gasteiger partial charge in [0.2, 0.25) is 0 Å². The largest absolute Gasteiger partial charge is 0.478 e. The van der Waals surface area contributed by atoms with Crippen LogP contribution in [0.2, 0.25) is 0 Å². The molecule has 1 fully saturated rings. The Morgan fingerprint density at radius 2 is 1.84 bits per heavy atom. The maximum absolute atomic E-state index is 12.4. The molecule has 0 bridgehead atoms. The van der Waals surface area contributed by atoms with Crippen molar-refractivity contribution >= 4 is 17.4 Å². The van der Waals surface area contributed by atoms with Crippen molar-refractivity contribution in [1.29, 1.82) is 0 Å². The lowest BCUT2D eigenvalue weighted by Crippen LogP contribution is -2.48. The second-order valence-corrected chi connectivity index (χ2v) is 5.28. The van der Waals surface area contributed by atoms with E-state index < -0.39 is 6.10 Å². The van der Waals surface area contributed by atoms with Gasteiger partial charge in [0, 0.05) is 25.8 Å². The normalized spacial score (nSPS) is 24.1. The topological polar surface area (TPSA) is 46.6 Å². The van der Waals surface area contributed by atoms with Crippen molar-refractivity contribution in [2.75, 3.05) is 11.9 Å². The molecule has 1 heterocycles. The molecule has 1 aliphatic carbocycles. The number of para-hydroxylation sites is 2. The average Bonchev–Trinajstić information content (AvgIpc) is 2.44. The van der Waals surface area contributed by atoms with Crippen LogP contribution in [0.3, 0.4) is 0 Å². The summed E-state index contributed by atoms with van der Waals surface area (Å²) >= 11 is 0. The molecule has 1 aromatic rings. The maximum Gasteiger partial charge on any atom is 0.268 e. The van der Waals surface area contributed by atoms with Crippen LogP contribution in [0.15, 0.2) is 24.3 Å². The van der Waals surface area contributed by atoms with Gasteiger partial charge in [0.05, 0.1) is 5.69 Å². The number of benzene rings is 1. The number of hydrogen-bond acceptors (Lipinski definition) is 3. The molecular formula is C15H17NO3. The van der Waals surface area contributed by atoms with Crippen molar-refractivity contribution in [2.24, 2.45) is 5.92 Å². The van der Waals surface area contributed by atoms with Crippen LogP contribution < -0.4 is 9.64 Å². The van der Waals surface area contributed by atoms with E-state index in [1.165, 1.54) is 0 Å². The van der Waals surface area contributed by atoms with Crippen molar-refractivity contribution in [3.8, 4) is 5.75 Å². The first-order valence-corrected chi connectivity index (χ1v) is 6.72. The van der Waals surface area contributed by atoms with Gasteiger partial charge in [-0.05, 0) is 25.0 Å². The monoisotopic (exact) mass is 259 g/mol. The second-order valence-electron chi connectivity index (χ2n) is 5.28. The maximum atomic E-state index is 12.4. The lowest BCUT2D eigenvalue weighted by molar-refractivity contribution is -0.131. The number of likely N-dealkylation sites (N-methyl/N-ethyl adjacent to an activating group) is 1. The fourth-order valence-corrected chi connectivity index (χ4v) is 2.89. The van der Waals surface area contributed by atoms with Crippen molar-refractivity contribution in [3.05, 3.63) is 24.3 Å². The highest BCUT2D eigenvalue weighted by Crippen LogP contribution is 2.37. The minimum atomic E-state index is -0.437. The summed E-state index contributed by atoms with van der Waals surface area (Å²) in [5, 5.41) is 0. The van der Waals surface area contributed by atoms with Gasteiger partial charge < -0.3 is 9.64 Å². The van der Waals surface area contributed by atoms with E-state index in [9.17, 15) is 9.59 Å². The van der Waals surface area contributed by atoms with Crippen molar-refractivity contribution in [3.63, 3.8) is 0 Å². The lowest BCUT2D eigenvalue weighted by atomic mass is 9.83. The first kappa shape index (κ1) is 12.2. The third-order valence-electron chi connectivity index (χ3n) is 4.07. The molecule has 19 heavy (non-hydrogen) atoms. The molecule has 0 spiro atoms. The van der Waals surface area contributed by atoms with Crippen molar-refractivity contribution < 1.29 is 14.3 Å². The number of Topliss-reactive ketones (excluding diaryl/α,β-unsaturated/α-hetero) is 1. The zero-order chi connectivity index (χ0) is 13.4. The Morgan fingerprint density at radius 3 is 2.58 bits per heavy atom. The Balaban J connectivity index is 1.85. The number of amides is 1. The number of hydrogen-bond donors (Lipinski definition) is 0. The number of rotatable bonds is 1. The molecular weight excluding hydrogens is 242 g/mol. The number of nitrogens with zero attached hydrogens (tertiary/aromatic N) is 1. The number of carbonyl (C=O) groups is 2. The summed E-state index contributed by atoms with van der Waals surface area (Å²) in [5.41, 5.74) is 0.815. The highest BCUT2D eigenvalue weighted by Gasteiger charge is 2.39. The molecule has 0 aromatic heterocycles. The Bertz CT molecular complexity index is 516. The molecule has 1 amide bonds. The van der Waals surface area contributed by atoms with E-state index in [0.717, 1.165) is 24.3 Å². The number of ether oxygens (including phenoxy) is 1. The van der Waals surface area contributed by atoms with Gasteiger partial charge in [0.15, 0.2) is 6.10 Å². The van der Waals surface area contributed by atoms with Gasteiger partial charge in [0.1, 0.15) is 11.5 Å². The van der Waals surface area contributed by atoms with Crippen LogP contribution in [0, 0.1) is 5.92 Å². The van der Waals surface area contributed by atoms with Crippen LogP contribution in [-0.4, -0.2) is 24.8 Å². The minimum absolute atomic E-state index is 0.00181. The van der Waals surface area contributed by atoms with E-state index in [1.54, 1.807) is 11.9 Å². The van der Waals surface area contributed by atoms with E-state index in [1.807, 2.05) is 24.3 Å². The summed E-state index contributed by atoms with van der Waals surface area (Å²) in [6.45, 7) is 0. The van der Waals surface area contributed by atoms with Gasteiger partial charge in [-0.2, -0.15) is 0 Å². The van der Waals surface area contributed by atoms with Crippen LogP contribution >= 0.6 is 0 Å². The van der Waals surface area contributed by atoms with E-state index in [4.69, 9.17) is 4.74 Å². The summed E-state index contributed by atoms with van der Waals surface area (Å²) in [6, 6.07) is 7.57. The predicted molar refractivity (Wildman–Crippen MR) is 71.2 cm³/mol. The number of fused-ring (bicyclic) bond motifs is 1. The van der Waals surface area contributed by atoms with Gasteiger partial charge >= 0.3 is 0 Å². The van der Waals surface area contributed by atoms with Gasteiger partial charge in [-0.3, -0.25) is 9.59 Å². The summed E-state index contributed by atoms with van der Waals surface area (Å²) in [6.07, 6.45) is 2.22. The van der Waals surface area contributed by atoms with Crippen LogP contribution in [-0.2, 0) is 9.59 Å². The standard InChI is InChI=1S/C15H17NO3/c1-16-12-4-2-3-5-13(12)19-14(15(16)18)10-6-8-11(17)9-7-10/h2-5,10,14H,6-9H2,1H3. The molecule has 4 nitrogen and oxygen atoms in total. The Hall–Kier alpha value is -1.84. The fourth-order valence-electron chi connectivity index (χ4n) is 2.89. The Labute approximate surface area is 112 Å². The van der Waals surface area contributed by atoms with Gasteiger partial charge in [-0.1, -0.05) is 12.1 Å². The van der Waals surface area contributed by atoms with Gasteiger partial charge in [-0.25, -0.2) is 0 Å². The van der Waals surface area contributed by atoms with Crippen molar-refractivity contribution in [1.82, 2.24) is 0 Å². The van der Waals surface area contributed by atoms with E-state index in [2.05, 4.69) is 0 Å². The van der Waals surface area contributed by atoms with Gasteiger partial charge in [-0.15, -0.1) is 0 Å². The quantitative estimate of drug-likeness (QED) is 0.776. The van der Waals surface area contributed by atoms with Crippen LogP contribution in [0.5, 0.6) is 5.75 Å². The van der Waals surface area contributed by atoms with Crippen LogP contribution in [0.4, 0.5) is 5.69 Å². The smallest absolute Gasteiger partial charge is 0.268 e. The third-order valence-corrected chi connectivity index (χ3v) is 4.07. The first-order valence-electron chi connectivity index (χ1n) is 6.72. The number of anilines is 1. The molecule has 3 rings (SSSR count). The third kappa shape index (κ3) is 2.11. The number of carbonyl (C=O) groups excluding carboxylic acids is 2. The highest BCUT2D eigenvalue weighted by molar-refractivity contribution is 5.99. The molecule has 0 radical (unpaired) electrons. The zero-order valence-corrected chi connectivity index (χ0v) is 11.0. The highest BCUT2D eigenvalue weighted by atomic mass is 16.5. The molecule has 1 aliphatic heterocycles. The summed E-state index contributed by atoms with van der Waals surface area (Å²) in [4.78, 5) is 25.4. The molecule has 100 valence electrons. The van der Waals surface area contributed by atoms with Gasteiger partial charge in [0.25, 0.3) is 5.91 Å². The lowest BCUT2D eigenvalue weighted by Gasteiger charge is -2.36. The molecule has 4 heteroatoms. The first-order chi connectivity index (χ1) is 9.16. The minimum Gasteiger partial charge on any atom is -0.478 e. The van der Waals surface area contributed by atoms with E-state index >= 15 is 0 Å². The van der Waals surface area contributed by atoms with E-state index in [-0.39, 0.29) is 11.8 Å². The van der Waals surface area contributed by atoms with Crippen LogP contribution in [0.25, 0.3) is 0 Å². The summed E-state index contributed by atoms with van der Waals surface area (Å²) < 4.78 is 5.89. The van der Waals surface area contributed by atoms with Crippen molar-refractivity contribution in [2.45, 2.75) is 31.8 Å². The average molecular weight is 259 g/mol. The summed E-state index contributed by atoms with van der Waals surface area (Å²) in [7, 11) is 1.78. The molecule has 2 aliphatic rings. The molecule has 0 saturated heterocycles. The molecule has 1 saturated carbocycles. The van der Waals surface area contributed by atoms with E-state index in [0.29, 0.717) is 18.6 Å².